The molecule has 0 spiro atoms. The monoisotopic (exact) mass is 476 g/mol. The number of aryl methyl sites for hydroxylation is 3. The van der Waals surface area contributed by atoms with Crippen molar-refractivity contribution in [2.45, 2.75) is 58.5 Å². The van der Waals surface area contributed by atoms with Crippen molar-refractivity contribution < 1.29 is 24.1 Å². The van der Waals surface area contributed by atoms with Gasteiger partial charge in [-0.25, -0.2) is 0 Å². The Morgan fingerprint density at radius 1 is 0.771 bits per heavy atom. The van der Waals surface area contributed by atoms with E-state index in [4.69, 9.17) is 19.3 Å². The van der Waals surface area contributed by atoms with Gasteiger partial charge in [0.05, 0.1) is 13.7 Å². The average molecular weight is 477 g/mol. The minimum Gasteiger partial charge on any atom is -0.493 e. The molecule has 3 rings (SSSR count). The summed E-state index contributed by atoms with van der Waals surface area (Å²) in [4.78, 5) is 10.9. The van der Waals surface area contributed by atoms with E-state index in [9.17, 15) is 4.79 Å². The summed E-state index contributed by atoms with van der Waals surface area (Å²) in [5.41, 5.74) is 4.47. The zero-order chi connectivity index (χ0) is 24.9. The number of carboxylic acid groups (broad SMARTS) is 1. The van der Waals surface area contributed by atoms with E-state index < -0.39 is 5.97 Å². The van der Waals surface area contributed by atoms with Crippen LogP contribution in [0.1, 0.15) is 54.9 Å². The smallest absolute Gasteiger partial charge is 0.303 e. The molecule has 186 valence electrons. The fourth-order valence-electron chi connectivity index (χ4n) is 3.88. The van der Waals surface area contributed by atoms with E-state index in [-0.39, 0.29) is 6.42 Å². The van der Waals surface area contributed by atoms with Crippen LogP contribution in [0, 0.1) is 0 Å². The lowest BCUT2D eigenvalue weighted by Crippen LogP contribution is -2.03. The van der Waals surface area contributed by atoms with Crippen LogP contribution in [0.15, 0.2) is 66.7 Å². The maximum absolute atomic E-state index is 10.9. The molecule has 0 bridgehead atoms. The van der Waals surface area contributed by atoms with E-state index in [0.717, 1.165) is 66.0 Å². The average Bonchev–Trinajstić information content (AvgIpc) is 2.88. The fraction of sp³-hybridized carbons (Fsp3) is 0.367. The molecule has 0 fully saturated rings. The number of carbonyl (C=O) groups is 1. The molecule has 0 heterocycles. The number of carboxylic acids is 1. The van der Waals surface area contributed by atoms with E-state index in [1.807, 2.05) is 54.6 Å². The van der Waals surface area contributed by atoms with E-state index in [1.54, 1.807) is 7.11 Å². The molecule has 5 heteroatoms. The van der Waals surface area contributed by atoms with Crippen LogP contribution < -0.4 is 14.2 Å². The minimum atomic E-state index is -0.783. The highest BCUT2D eigenvalue weighted by Crippen LogP contribution is 2.30. The van der Waals surface area contributed by atoms with Gasteiger partial charge in [0, 0.05) is 6.42 Å². The largest absolute Gasteiger partial charge is 0.493 e. The van der Waals surface area contributed by atoms with Crippen LogP contribution in [-0.2, 0) is 30.7 Å². The van der Waals surface area contributed by atoms with Crippen molar-refractivity contribution in [1.82, 2.24) is 0 Å². The van der Waals surface area contributed by atoms with Gasteiger partial charge in [0.15, 0.2) is 11.5 Å². The van der Waals surface area contributed by atoms with E-state index in [0.29, 0.717) is 19.6 Å². The lowest BCUT2D eigenvalue weighted by molar-refractivity contribution is -0.136. The predicted octanol–water partition coefficient (Wildman–Crippen LogP) is 6.65. The molecule has 1 N–H and O–H groups in total. The van der Waals surface area contributed by atoms with Crippen LogP contribution in [-0.4, -0.2) is 24.8 Å². The van der Waals surface area contributed by atoms with Crippen molar-refractivity contribution in [2.75, 3.05) is 13.7 Å². The molecule has 3 aromatic carbocycles. The van der Waals surface area contributed by atoms with Gasteiger partial charge in [0.1, 0.15) is 12.4 Å². The van der Waals surface area contributed by atoms with Gasteiger partial charge in [0.2, 0.25) is 0 Å². The molecular formula is C30H36O5. The number of rotatable bonds is 15. The first-order chi connectivity index (χ1) is 17.1. The van der Waals surface area contributed by atoms with Gasteiger partial charge in [-0.2, -0.15) is 0 Å². The Labute approximate surface area is 208 Å². The molecule has 0 aromatic heterocycles. The Morgan fingerprint density at radius 3 is 2.26 bits per heavy atom. The highest BCUT2D eigenvalue weighted by atomic mass is 16.5. The molecule has 35 heavy (non-hydrogen) atoms. The molecule has 0 unspecified atom stereocenters. The zero-order valence-corrected chi connectivity index (χ0v) is 20.8. The van der Waals surface area contributed by atoms with Gasteiger partial charge in [-0.1, -0.05) is 61.9 Å². The summed E-state index contributed by atoms with van der Waals surface area (Å²) in [6.45, 7) is 3.31. The van der Waals surface area contributed by atoms with Gasteiger partial charge < -0.3 is 19.3 Å². The van der Waals surface area contributed by atoms with Gasteiger partial charge in [0.25, 0.3) is 0 Å². The fourth-order valence-corrected chi connectivity index (χ4v) is 3.88. The Kier molecular flexibility index (Phi) is 10.5. The molecule has 5 nitrogen and oxygen atoms in total. The number of ether oxygens (including phenoxy) is 3. The topological polar surface area (TPSA) is 65.0 Å². The third-order valence-corrected chi connectivity index (χ3v) is 5.89. The number of hydrogen-bond donors (Lipinski definition) is 1. The third-order valence-electron chi connectivity index (χ3n) is 5.89. The quantitative estimate of drug-likeness (QED) is 0.249. The summed E-state index contributed by atoms with van der Waals surface area (Å²) in [5, 5.41) is 8.99. The summed E-state index contributed by atoms with van der Waals surface area (Å²) in [7, 11) is 1.67. The molecule has 0 saturated heterocycles. The van der Waals surface area contributed by atoms with Crippen molar-refractivity contribution >= 4 is 5.97 Å². The second kappa shape index (κ2) is 14.1. The van der Waals surface area contributed by atoms with Crippen LogP contribution >= 0.6 is 0 Å². The lowest BCUT2D eigenvalue weighted by Gasteiger charge is -2.14. The molecule has 0 saturated carbocycles. The number of benzene rings is 3. The Balaban J connectivity index is 1.59. The molecule has 3 aromatic rings. The van der Waals surface area contributed by atoms with Gasteiger partial charge in [-0.15, -0.1) is 0 Å². The third kappa shape index (κ3) is 8.67. The number of methoxy groups -OCH3 is 1. The van der Waals surface area contributed by atoms with Crippen LogP contribution in [0.2, 0.25) is 0 Å². The Morgan fingerprint density at radius 2 is 1.51 bits per heavy atom. The van der Waals surface area contributed by atoms with Crippen molar-refractivity contribution in [2.24, 2.45) is 0 Å². The maximum Gasteiger partial charge on any atom is 0.303 e. The SMILES string of the molecule is CCCCOc1cc(CCC(=O)O)ccc1CCCc1ccc(OCc2ccccc2)c(OC)c1. The number of aliphatic carboxylic acids is 1. The molecule has 0 amide bonds. The molecular weight excluding hydrogens is 440 g/mol. The highest BCUT2D eigenvalue weighted by Gasteiger charge is 2.10. The molecule has 0 aliphatic heterocycles. The number of hydrogen-bond acceptors (Lipinski definition) is 4. The Bertz CT molecular complexity index is 1060. The first-order valence-electron chi connectivity index (χ1n) is 12.4. The van der Waals surface area contributed by atoms with Crippen molar-refractivity contribution in [1.29, 1.82) is 0 Å². The maximum atomic E-state index is 10.9. The van der Waals surface area contributed by atoms with Crippen LogP contribution in [0.3, 0.4) is 0 Å². The van der Waals surface area contributed by atoms with Crippen LogP contribution in [0.25, 0.3) is 0 Å². The normalized spacial score (nSPS) is 10.7. The van der Waals surface area contributed by atoms with Crippen molar-refractivity contribution in [3.8, 4) is 17.2 Å². The highest BCUT2D eigenvalue weighted by molar-refractivity contribution is 5.67. The number of unbranched alkanes of at least 4 members (excludes halogenated alkanes) is 1. The summed E-state index contributed by atoms with van der Waals surface area (Å²) in [6, 6.07) is 22.3. The first kappa shape index (κ1) is 26.1. The molecule has 0 atom stereocenters. The van der Waals surface area contributed by atoms with E-state index in [2.05, 4.69) is 19.1 Å². The van der Waals surface area contributed by atoms with E-state index in [1.165, 1.54) is 5.56 Å². The van der Waals surface area contributed by atoms with Gasteiger partial charge in [-0.05, 0) is 72.6 Å². The zero-order valence-electron chi connectivity index (χ0n) is 20.8. The molecule has 0 aliphatic carbocycles. The van der Waals surface area contributed by atoms with Crippen LogP contribution in [0.4, 0.5) is 0 Å². The molecule has 0 aliphatic rings. The van der Waals surface area contributed by atoms with Crippen LogP contribution in [0.5, 0.6) is 17.2 Å². The van der Waals surface area contributed by atoms with E-state index >= 15 is 0 Å². The molecule has 0 radical (unpaired) electrons. The summed E-state index contributed by atoms with van der Waals surface area (Å²) < 4.78 is 17.6. The van der Waals surface area contributed by atoms with Gasteiger partial charge in [-0.3, -0.25) is 4.79 Å². The minimum absolute atomic E-state index is 0.126. The summed E-state index contributed by atoms with van der Waals surface area (Å²) in [6.07, 6.45) is 5.46. The first-order valence-corrected chi connectivity index (χ1v) is 12.4. The van der Waals surface area contributed by atoms with Crippen molar-refractivity contribution in [3.63, 3.8) is 0 Å². The van der Waals surface area contributed by atoms with Crippen molar-refractivity contribution in [3.05, 3.63) is 89.0 Å². The lowest BCUT2D eigenvalue weighted by atomic mass is 10.0. The second-order valence-corrected chi connectivity index (χ2v) is 8.65. The standard InChI is InChI=1S/C30H36O5/c1-3-4-19-34-28-20-24(15-18-30(31)32)13-16-26(28)12-8-11-23-14-17-27(29(21-23)33-2)35-22-25-9-6-5-7-10-25/h5-7,9-10,13-14,16-17,20-21H,3-4,8,11-12,15,18-19,22H2,1-2H3,(H,31,32). The Hall–Kier alpha value is -3.47. The van der Waals surface area contributed by atoms with Gasteiger partial charge >= 0.3 is 5.97 Å². The predicted molar refractivity (Wildman–Crippen MR) is 139 cm³/mol. The summed E-state index contributed by atoms with van der Waals surface area (Å²) in [5.74, 6) is 1.58. The second-order valence-electron chi connectivity index (χ2n) is 8.65. The summed E-state index contributed by atoms with van der Waals surface area (Å²) >= 11 is 0.